The predicted octanol–water partition coefficient (Wildman–Crippen LogP) is 5.96. The number of aromatic nitrogens is 1. The number of carbonyl (C=O) groups excluding carboxylic acids is 2. The zero-order chi connectivity index (χ0) is 26.3. The lowest BCUT2D eigenvalue weighted by molar-refractivity contribution is -0.141. The van der Waals surface area contributed by atoms with Gasteiger partial charge in [-0.05, 0) is 30.0 Å². The van der Waals surface area contributed by atoms with E-state index >= 15 is 0 Å². The van der Waals surface area contributed by atoms with Crippen LogP contribution in [0.4, 0.5) is 0 Å². The van der Waals surface area contributed by atoms with E-state index in [1.807, 2.05) is 53.6 Å². The average Bonchev–Trinajstić information content (AvgIpc) is 3.34. The van der Waals surface area contributed by atoms with Crippen LogP contribution in [-0.4, -0.2) is 59.9 Å². The minimum Gasteiger partial charge on any atom is -0.383 e. The van der Waals surface area contributed by atoms with Crippen molar-refractivity contribution in [3.8, 4) is 0 Å². The molecule has 1 N–H and O–H groups in total. The minimum absolute atomic E-state index is 0.0314. The largest absolute Gasteiger partial charge is 0.383 e. The van der Waals surface area contributed by atoms with Crippen molar-refractivity contribution in [1.29, 1.82) is 0 Å². The van der Waals surface area contributed by atoms with Crippen molar-refractivity contribution in [3.05, 3.63) is 71.9 Å². The number of para-hydroxylation sites is 1. The van der Waals surface area contributed by atoms with E-state index in [1.165, 1.54) is 30.2 Å². The van der Waals surface area contributed by atoms with Gasteiger partial charge in [-0.1, -0.05) is 87.6 Å². The minimum atomic E-state index is -0.0314. The number of carbonyl (C=O) groups is 2. The molecule has 37 heavy (non-hydrogen) atoms. The lowest BCUT2D eigenvalue weighted by atomic mass is 10.1. The van der Waals surface area contributed by atoms with E-state index in [0.717, 1.165) is 36.8 Å². The molecule has 1 aromatic heterocycles. The number of unbranched alkanes of at least 4 members (excludes halogenated alkanes) is 5. The third kappa shape index (κ3) is 9.36. The van der Waals surface area contributed by atoms with E-state index in [-0.39, 0.29) is 18.4 Å². The topological polar surface area (TPSA) is 65.6 Å². The Morgan fingerprint density at radius 3 is 2.35 bits per heavy atom. The number of fused-ring (bicyclic) bond motifs is 1. The van der Waals surface area contributed by atoms with E-state index in [1.54, 1.807) is 12.0 Å². The van der Waals surface area contributed by atoms with Crippen LogP contribution in [0.1, 0.15) is 63.0 Å². The van der Waals surface area contributed by atoms with Gasteiger partial charge in [0.1, 0.15) is 0 Å². The van der Waals surface area contributed by atoms with E-state index < -0.39 is 0 Å². The summed E-state index contributed by atoms with van der Waals surface area (Å²) >= 11 is 0. The molecule has 3 rings (SSSR count). The molecule has 0 radical (unpaired) electrons. The number of nitrogens with zero attached hydrogens (tertiary/aromatic N) is 2. The molecule has 0 unspecified atom stereocenters. The smallest absolute Gasteiger partial charge is 0.242 e. The third-order valence-corrected chi connectivity index (χ3v) is 6.88. The molecule has 0 spiro atoms. The Hall–Kier alpha value is -3.12. The van der Waals surface area contributed by atoms with Gasteiger partial charge in [-0.25, -0.2) is 0 Å². The fraction of sp³-hybridized carbons (Fsp3) is 0.484. The van der Waals surface area contributed by atoms with Gasteiger partial charge >= 0.3 is 0 Å². The summed E-state index contributed by atoms with van der Waals surface area (Å²) in [6, 6.07) is 18.3. The molecule has 6 nitrogen and oxygen atoms in total. The van der Waals surface area contributed by atoms with Gasteiger partial charge in [-0.3, -0.25) is 9.59 Å². The van der Waals surface area contributed by atoms with Gasteiger partial charge in [-0.15, -0.1) is 0 Å². The molecule has 0 saturated heterocycles. The molecule has 0 bridgehead atoms. The molecular weight excluding hydrogens is 462 g/mol. The highest BCUT2D eigenvalue weighted by atomic mass is 16.5. The number of methoxy groups -OCH3 is 1. The number of benzene rings is 2. The maximum Gasteiger partial charge on any atom is 0.242 e. The molecular formula is C31H43N3O3. The molecule has 0 atom stereocenters. The summed E-state index contributed by atoms with van der Waals surface area (Å²) in [5.74, 6) is 0.00766. The highest BCUT2D eigenvalue weighted by molar-refractivity contribution is 5.85. The maximum atomic E-state index is 13.6. The molecule has 3 aromatic rings. The molecule has 2 aromatic carbocycles. The van der Waals surface area contributed by atoms with Crippen LogP contribution in [0.3, 0.4) is 0 Å². The van der Waals surface area contributed by atoms with Crippen LogP contribution in [0.25, 0.3) is 10.9 Å². The quantitative estimate of drug-likeness (QED) is 0.230. The summed E-state index contributed by atoms with van der Waals surface area (Å²) in [7, 11) is 1.63. The Kier molecular flexibility index (Phi) is 12.2. The standard InChI is InChI=1S/C31H43N3O3/c1-3-4-5-6-7-11-18-30(35)34(21-22-37-2)25-31(36)33(24-26-14-9-8-10-15-26)20-19-27-23-32-29-17-13-12-16-28(27)29/h8-10,12-17,23,32H,3-7,11,18-22,24-25H2,1-2H3. The fourth-order valence-corrected chi connectivity index (χ4v) is 4.66. The first-order valence-corrected chi connectivity index (χ1v) is 13.8. The van der Waals surface area contributed by atoms with E-state index in [0.29, 0.717) is 32.7 Å². The molecule has 0 aliphatic carbocycles. The SMILES string of the molecule is CCCCCCCCC(=O)N(CCOC)CC(=O)N(CCc1c[nH]c2ccccc12)Cc1ccccc1. The van der Waals surface area contributed by atoms with Crippen LogP contribution in [0.5, 0.6) is 0 Å². The van der Waals surface area contributed by atoms with Crippen LogP contribution in [0.15, 0.2) is 60.8 Å². The zero-order valence-corrected chi connectivity index (χ0v) is 22.6. The van der Waals surface area contributed by atoms with Crippen LogP contribution in [0, 0.1) is 0 Å². The van der Waals surface area contributed by atoms with Crippen molar-refractivity contribution in [2.75, 3.05) is 33.4 Å². The lowest BCUT2D eigenvalue weighted by Gasteiger charge is -2.28. The Morgan fingerprint density at radius 2 is 1.57 bits per heavy atom. The first-order valence-electron chi connectivity index (χ1n) is 13.8. The van der Waals surface area contributed by atoms with Crippen molar-refractivity contribution in [1.82, 2.24) is 14.8 Å². The number of amides is 2. The van der Waals surface area contributed by atoms with E-state index in [4.69, 9.17) is 4.74 Å². The van der Waals surface area contributed by atoms with Gasteiger partial charge in [0, 0.05) is 50.3 Å². The second-order valence-electron chi connectivity index (χ2n) is 9.74. The summed E-state index contributed by atoms with van der Waals surface area (Å²) < 4.78 is 5.25. The molecule has 6 heteroatoms. The molecule has 200 valence electrons. The van der Waals surface area contributed by atoms with Gasteiger partial charge in [0.15, 0.2) is 0 Å². The zero-order valence-electron chi connectivity index (χ0n) is 22.6. The van der Waals surface area contributed by atoms with Gasteiger partial charge in [0.25, 0.3) is 0 Å². The molecule has 1 heterocycles. The van der Waals surface area contributed by atoms with Crippen molar-refractivity contribution in [2.24, 2.45) is 0 Å². The van der Waals surface area contributed by atoms with Gasteiger partial charge in [0.2, 0.25) is 11.8 Å². The molecule has 0 aliphatic rings. The van der Waals surface area contributed by atoms with Gasteiger partial charge < -0.3 is 19.5 Å². The predicted molar refractivity (Wildman–Crippen MR) is 150 cm³/mol. The van der Waals surface area contributed by atoms with Crippen LogP contribution < -0.4 is 0 Å². The van der Waals surface area contributed by atoms with Crippen molar-refractivity contribution >= 4 is 22.7 Å². The number of rotatable bonds is 17. The normalized spacial score (nSPS) is 11.1. The fourth-order valence-electron chi connectivity index (χ4n) is 4.66. The number of hydrogen-bond donors (Lipinski definition) is 1. The van der Waals surface area contributed by atoms with Crippen molar-refractivity contribution in [3.63, 3.8) is 0 Å². The highest BCUT2D eigenvalue weighted by Crippen LogP contribution is 2.19. The van der Waals surface area contributed by atoms with E-state index in [9.17, 15) is 9.59 Å². The third-order valence-electron chi connectivity index (χ3n) is 6.88. The molecule has 2 amide bonds. The summed E-state index contributed by atoms with van der Waals surface area (Å²) in [5, 5.41) is 1.19. The summed E-state index contributed by atoms with van der Waals surface area (Å²) in [6.45, 7) is 4.24. The van der Waals surface area contributed by atoms with Crippen LogP contribution in [-0.2, 0) is 27.3 Å². The average molecular weight is 506 g/mol. The Bertz CT molecular complexity index is 1080. The Morgan fingerprint density at radius 1 is 0.838 bits per heavy atom. The van der Waals surface area contributed by atoms with Crippen molar-refractivity contribution in [2.45, 2.75) is 64.8 Å². The molecule has 0 aliphatic heterocycles. The lowest BCUT2D eigenvalue weighted by Crippen LogP contribution is -2.44. The van der Waals surface area contributed by atoms with Crippen LogP contribution >= 0.6 is 0 Å². The van der Waals surface area contributed by atoms with Crippen LogP contribution in [0.2, 0.25) is 0 Å². The van der Waals surface area contributed by atoms with Gasteiger partial charge in [-0.2, -0.15) is 0 Å². The first-order chi connectivity index (χ1) is 18.1. The number of nitrogens with one attached hydrogen (secondary N) is 1. The number of ether oxygens (including phenoxy) is 1. The van der Waals surface area contributed by atoms with Crippen molar-refractivity contribution < 1.29 is 14.3 Å². The molecule has 0 fully saturated rings. The first kappa shape index (κ1) is 28.5. The number of hydrogen-bond acceptors (Lipinski definition) is 3. The second kappa shape index (κ2) is 15.9. The summed E-state index contributed by atoms with van der Waals surface area (Å²) in [6.07, 6.45) is 10.0. The van der Waals surface area contributed by atoms with E-state index in [2.05, 4.69) is 24.0 Å². The summed E-state index contributed by atoms with van der Waals surface area (Å²) in [5.41, 5.74) is 3.37. The maximum absolute atomic E-state index is 13.6. The number of aromatic amines is 1. The monoisotopic (exact) mass is 505 g/mol. The molecule has 0 saturated carbocycles. The summed E-state index contributed by atoms with van der Waals surface area (Å²) in [4.78, 5) is 33.5. The number of H-pyrrole nitrogens is 1. The Labute approximate surface area is 222 Å². The second-order valence-corrected chi connectivity index (χ2v) is 9.74. The highest BCUT2D eigenvalue weighted by Gasteiger charge is 2.21. The Balaban J connectivity index is 1.65. The van der Waals surface area contributed by atoms with Gasteiger partial charge in [0.05, 0.1) is 13.2 Å².